The summed E-state index contributed by atoms with van der Waals surface area (Å²) in [6.07, 6.45) is 0.253. The molecule has 2 atom stereocenters. The number of hydrogen-bond acceptors (Lipinski definition) is 2. The van der Waals surface area contributed by atoms with Crippen LogP contribution in [-0.2, 0) is 6.42 Å². The van der Waals surface area contributed by atoms with Crippen LogP contribution in [-0.4, -0.2) is 16.3 Å². The van der Waals surface area contributed by atoms with Crippen LogP contribution in [0.1, 0.15) is 29.2 Å². The van der Waals surface area contributed by atoms with Crippen LogP contribution >= 0.6 is 0 Å². The predicted molar refractivity (Wildman–Crippen MR) is 50.5 cm³/mol. The zero-order valence-corrected chi connectivity index (χ0v) is 7.70. The van der Waals surface area contributed by atoms with Crippen molar-refractivity contribution in [2.24, 2.45) is 0 Å². The molecule has 2 rings (SSSR count). The molecule has 0 spiro atoms. The first-order valence-electron chi connectivity index (χ1n) is 4.64. The minimum atomic E-state index is -0.691. The summed E-state index contributed by atoms with van der Waals surface area (Å²) in [5.74, 6) is 0. The Morgan fingerprint density at radius 3 is 2.85 bits per heavy atom. The lowest BCUT2D eigenvalue weighted by molar-refractivity contribution is 0.00646. The van der Waals surface area contributed by atoms with Gasteiger partial charge in [-0.1, -0.05) is 23.8 Å². The molecule has 0 fully saturated rings. The monoisotopic (exact) mass is 178 g/mol. The summed E-state index contributed by atoms with van der Waals surface area (Å²) >= 11 is 0. The molecule has 0 radical (unpaired) electrons. The summed E-state index contributed by atoms with van der Waals surface area (Å²) in [4.78, 5) is 0. The highest BCUT2D eigenvalue weighted by Gasteiger charge is 2.25. The van der Waals surface area contributed by atoms with E-state index in [0.29, 0.717) is 6.42 Å². The number of rotatable bonds is 0. The van der Waals surface area contributed by atoms with Gasteiger partial charge in [0, 0.05) is 0 Å². The topological polar surface area (TPSA) is 40.5 Å². The molecule has 0 bridgehead atoms. The maximum atomic E-state index is 9.70. The summed E-state index contributed by atoms with van der Waals surface area (Å²) in [6.45, 7) is 1.99. The van der Waals surface area contributed by atoms with Crippen LogP contribution in [0.4, 0.5) is 0 Å². The zero-order chi connectivity index (χ0) is 9.42. The van der Waals surface area contributed by atoms with E-state index < -0.39 is 12.2 Å². The Morgan fingerprint density at radius 2 is 2.08 bits per heavy atom. The van der Waals surface area contributed by atoms with Crippen LogP contribution in [0.2, 0.25) is 0 Å². The van der Waals surface area contributed by atoms with Gasteiger partial charge in [0.2, 0.25) is 0 Å². The Balaban J connectivity index is 2.45. The Hall–Kier alpha value is -0.860. The normalized spacial score (nSPS) is 27.0. The zero-order valence-electron chi connectivity index (χ0n) is 7.70. The lowest BCUT2D eigenvalue weighted by Crippen LogP contribution is -2.24. The fourth-order valence-corrected chi connectivity index (χ4v) is 1.89. The van der Waals surface area contributed by atoms with Crippen molar-refractivity contribution in [2.75, 3.05) is 0 Å². The molecule has 1 aromatic rings. The first-order chi connectivity index (χ1) is 6.18. The van der Waals surface area contributed by atoms with Crippen molar-refractivity contribution in [3.63, 3.8) is 0 Å². The van der Waals surface area contributed by atoms with Crippen LogP contribution in [0.5, 0.6) is 0 Å². The molecule has 0 heterocycles. The van der Waals surface area contributed by atoms with Crippen molar-refractivity contribution in [1.82, 2.24) is 0 Å². The van der Waals surface area contributed by atoms with Gasteiger partial charge in [0.1, 0.15) is 6.10 Å². The molecule has 2 nitrogen and oxygen atoms in total. The lowest BCUT2D eigenvalue weighted by Gasteiger charge is -2.26. The molecule has 2 heteroatoms. The van der Waals surface area contributed by atoms with E-state index in [-0.39, 0.29) is 0 Å². The summed E-state index contributed by atoms with van der Waals surface area (Å²) in [7, 11) is 0. The van der Waals surface area contributed by atoms with Gasteiger partial charge in [-0.2, -0.15) is 0 Å². The maximum absolute atomic E-state index is 9.70. The largest absolute Gasteiger partial charge is 0.390 e. The van der Waals surface area contributed by atoms with Gasteiger partial charge in [0.05, 0.1) is 6.10 Å². The van der Waals surface area contributed by atoms with E-state index in [9.17, 15) is 10.2 Å². The molecular formula is C11H14O2. The lowest BCUT2D eigenvalue weighted by atomic mass is 9.86. The van der Waals surface area contributed by atoms with Crippen molar-refractivity contribution in [1.29, 1.82) is 0 Å². The third-order valence-corrected chi connectivity index (χ3v) is 2.69. The van der Waals surface area contributed by atoms with Crippen LogP contribution in [0.15, 0.2) is 18.2 Å². The van der Waals surface area contributed by atoms with E-state index in [0.717, 1.165) is 17.5 Å². The fraction of sp³-hybridized carbons (Fsp3) is 0.455. The molecule has 13 heavy (non-hydrogen) atoms. The molecule has 0 saturated carbocycles. The standard InChI is InChI=1S/C11H14O2/c1-7-2-3-8-4-5-10(12)11(13)9(8)6-7/h2-3,6,10-13H,4-5H2,1H3/t10-,11+/m0/s1. The van der Waals surface area contributed by atoms with Gasteiger partial charge in [-0.3, -0.25) is 0 Å². The van der Waals surface area contributed by atoms with Gasteiger partial charge in [-0.05, 0) is 30.9 Å². The number of aryl methyl sites for hydroxylation is 2. The Kier molecular flexibility index (Phi) is 2.10. The third-order valence-electron chi connectivity index (χ3n) is 2.69. The van der Waals surface area contributed by atoms with E-state index in [1.807, 2.05) is 25.1 Å². The second-order valence-electron chi connectivity index (χ2n) is 3.75. The first-order valence-corrected chi connectivity index (χ1v) is 4.64. The quantitative estimate of drug-likeness (QED) is 0.629. The fourth-order valence-electron chi connectivity index (χ4n) is 1.89. The number of aliphatic hydroxyl groups excluding tert-OH is 2. The number of benzene rings is 1. The SMILES string of the molecule is Cc1ccc2c(c1)[C@@H](O)[C@@H](O)CC2. The van der Waals surface area contributed by atoms with Gasteiger partial charge in [0.15, 0.2) is 0 Å². The minimum Gasteiger partial charge on any atom is -0.390 e. The van der Waals surface area contributed by atoms with Gasteiger partial charge in [-0.25, -0.2) is 0 Å². The number of hydrogen-bond donors (Lipinski definition) is 2. The predicted octanol–water partition coefficient (Wildman–Crippen LogP) is 1.34. The second-order valence-corrected chi connectivity index (χ2v) is 3.75. The molecule has 1 aliphatic carbocycles. The van der Waals surface area contributed by atoms with E-state index in [1.165, 1.54) is 5.56 Å². The molecule has 0 amide bonds. The van der Waals surface area contributed by atoms with E-state index in [2.05, 4.69) is 0 Å². The smallest absolute Gasteiger partial charge is 0.105 e. The second kappa shape index (κ2) is 3.13. The highest BCUT2D eigenvalue weighted by Crippen LogP contribution is 2.30. The average molecular weight is 178 g/mol. The van der Waals surface area contributed by atoms with Crippen LogP contribution in [0.3, 0.4) is 0 Å². The molecule has 0 saturated heterocycles. The first kappa shape index (κ1) is 8.73. The Bertz CT molecular complexity index is 320. The summed E-state index contributed by atoms with van der Waals surface area (Å²) in [5, 5.41) is 19.2. The molecule has 70 valence electrons. The van der Waals surface area contributed by atoms with Crippen LogP contribution < -0.4 is 0 Å². The van der Waals surface area contributed by atoms with Crippen molar-refractivity contribution < 1.29 is 10.2 Å². The number of aliphatic hydroxyl groups is 2. The third kappa shape index (κ3) is 1.47. The van der Waals surface area contributed by atoms with E-state index >= 15 is 0 Å². The molecular weight excluding hydrogens is 164 g/mol. The average Bonchev–Trinajstić information content (AvgIpc) is 2.12. The summed E-state index contributed by atoms with van der Waals surface area (Å²) in [6, 6.07) is 6.05. The van der Waals surface area contributed by atoms with Gasteiger partial charge in [-0.15, -0.1) is 0 Å². The molecule has 0 aliphatic heterocycles. The minimum absolute atomic E-state index is 0.589. The van der Waals surface area contributed by atoms with Gasteiger partial charge < -0.3 is 10.2 Å². The molecule has 1 aromatic carbocycles. The highest BCUT2D eigenvalue weighted by atomic mass is 16.3. The van der Waals surface area contributed by atoms with Crippen molar-refractivity contribution in [3.05, 3.63) is 34.9 Å². The number of fused-ring (bicyclic) bond motifs is 1. The maximum Gasteiger partial charge on any atom is 0.105 e. The van der Waals surface area contributed by atoms with Crippen molar-refractivity contribution in [3.8, 4) is 0 Å². The van der Waals surface area contributed by atoms with Crippen LogP contribution in [0, 0.1) is 6.92 Å². The molecule has 1 aliphatic rings. The van der Waals surface area contributed by atoms with Crippen molar-refractivity contribution >= 4 is 0 Å². The molecule has 0 aromatic heterocycles. The molecule has 2 N–H and O–H groups in total. The Morgan fingerprint density at radius 1 is 1.31 bits per heavy atom. The van der Waals surface area contributed by atoms with E-state index in [4.69, 9.17) is 0 Å². The van der Waals surface area contributed by atoms with Crippen LogP contribution in [0.25, 0.3) is 0 Å². The van der Waals surface area contributed by atoms with Gasteiger partial charge in [0.25, 0.3) is 0 Å². The highest BCUT2D eigenvalue weighted by molar-refractivity contribution is 5.35. The summed E-state index contributed by atoms with van der Waals surface area (Å²) < 4.78 is 0. The Labute approximate surface area is 77.8 Å². The summed E-state index contributed by atoms with van der Waals surface area (Å²) in [5.41, 5.74) is 3.20. The molecule has 0 unspecified atom stereocenters. The van der Waals surface area contributed by atoms with Crippen molar-refractivity contribution in [2.45, 2.75) is 32.0 Å². The van der Waals surface area contributed by atoms with E-state index in [1.54, 1.807) is 0 Å². The van der Waals surface area contributed by atoms with Gasteiger partial charge >= 0.3 is 0 Å².